The summed E-state index contributed by atoms with van der Waals surface area (Å²) in [5.74, 6) is 0. The first-order valence-electron chi connectivity index (χ1n) is 7.79. The zero-order valence-corrected chi connectivity index (χ0v) is 14.5. The predicted molar refractivity (Wildman–Crippen MR) is 92.7 cm³/mol. The summed E-state index contributed by atoms with van der Waals surface area (Å²) in [5.41, 5.74) is 1.99. The maximum Gasteiger partial charge on any atom is 0.1000 e. The van der Waals surface area contributed by atoms with Crippen LogP contribution in [0.25, 0.3) is 5.69 Å². The number of nitrogens with zero attached hydrogens (tertiary/aromatic N) is 5. The standard InChI is InChI=1S/C17H21N5S/c1-4-17-18-10-15(23-17)11-21(3)13(2)16-12-22(20-19-16)14-8-6-5-7-9-14/h5-10,12-13H,4,11H2,1-3H3/t13-/m1/s1. The van der Waals surface area contributed by atoms with E-state index in [4.69, 9.17) is 0 Å². The van der Waals surface area contributed by atoms with Crippen LogP contribution in [0, 0.1) is 0 Å². The van der Waals surface area contributed by atoms with Gasteiger partial charge in [-0.1, -0.05) is 30.3 Å². The molecule has 0 saturated heterocycles. The van der Waals surface area contributed by atoms with Crippen LogP contribution in [-0.2, 0) is 13.0 Å². The molecular weight excluding hydrogens is 306 g/mol. The van der Waals surface area contributed by atoms with Crippen molar-refractivity contribution in [1.29, 1.82) is 0 Å². The van der Waals surface area contributed by atoms with Gasteiger partial charge in [-0.05, 0) is 32.5 Å². The second kappa shape index (κ2) is 7.02. The maximum atomic E-state index is 4.42. The Morgan fingerprint density at radius 3 is 2.74 bits per heavy atom. The molecule has 2 aromatic heterocycles. The molecule has 1 aromatic carbocycles. The lowest BCUT2D eigenvalue weighted by molar-refractivity contribution is 0.250. The van der Waals surface area contributed by atoms with E-state index in [1.54, 1.807) is 11.3 Å². The van der Waals surface area contributed by atoms with Crippen molar-refractivity contribution in [2.24, 2.45) is 0 Å². The molecule has 0 N–H and O–H groups in total. The van der Waals surface area contributed by atoms with Crippen molar-refractivity contribution in [2.75, 3.05) is 7.05 Å². The van der Waals surface area contributed by atoms with E-state index in [1.165, 1.54) is 9.88 Å². The lowest BCUT2D eigenvalue weighted by Gasteiger charge is -2.21. The van der Waals surface area contributed by atoms with Crippen molar-refractivity contribution in [3.63, 3.8) is 0 Å². The molecule has 0 aliphatic heterocycles. The number of aromatic nitrogens is 4. The number of thiazole rings is 1. The van der Waals surface area contributed by atoms with E-state index in [9.17, 15) is 0 Å². The van der Waals surface area contributed by atoms with Gasteiger partial charge in [0.1, 0.15) is 0 Å². The van der Waals surface area contributed by atoms with Crippen molar-refractivity contribution in [1.82, 2.24) is 24.9 Å². The zero-order valence-electron chi connectivity index (χ0n) is 13.7. The van der Waals surface area contributed by atoms with Crippen LogP contribution in [0.2, 0.25) is 0 Å². The molecule has 0 bridgehead atoms. The summed E-state index contributed by atoms with van der Waals surface area (Å²) in [6.45, 7) is 5.16. The van der Waals surface area contributed by atoms with Gasteiger partial charge in [0.2, 0.25) is 0 Å². The van der Waals surface area contributed by atoms with Crippen molar-refractivity contribution < 1.29 is 0 Å². The largest absolute Gasteiger partial charge is 0.293 e. The Hall–Kier alpha value is -2.05. The summed E-state index contributed by atoms with van der Waals surface area (Å²) in [4.78, 5) is 7.98. The zero-order chi connectivity index (χ0) is 16.2. The fourth-order valence-electron chi connectivity index (χ4n) is 2.37. The molecule has 120 valence electrons. The summed E-state index contributed by atoms with van der Waals surface area (Å²) < 4.78 is 1.82. The van der Waals surface area contributed by atoms with Crippen LogP contribution in [0.1, 0.15) is 35.5 Å². The Bertz CT molecular complexity index is 749. The van der Waals surface area contributed by atoms with E-state index < -0.39 is 0 Å². The van der Waals surface area contributed by atoms with Crippen molar-refractivity contribution >= 4 is 11.3 Å². The number of para-hydroxylation sites is 1. The monoisotopic (exact) mass is 327 g/mol. The van der Waals surface area contributed by atoms with Crippen molar-refractivity contribution in [3.8, 4) is 5.69 Å². The Morgan fingerprint density at radius 1 is 1.26 bits per heavy atom. The highest BCUT2D eigenvalue weighted by Gasteiger charge is 2.17. The quantitative estimate of drug-likeness (QED) is 0.695. The van der Waals surface area contributed by atoms with E-state index in [2.05, 4.69) is 41.1 Å². The molecule has 0 spiro atoms. The van der Waals surface area contributed by atoms with Gasteiger partial charge in [0.15, 0.2) is 0 Å². The minimum atomic E-state index is 0.194. The number of aryl methyl sites for hydroxylation is 1. The molecule has 0 saturated carbocycles. The van der Waals surface area contributed by atoms with Gasteiger partial charge in [0, 0.05) is 17.6 Å². The molecular formula is C17H21N5S. The van der Waals surface area contributed by atoms with E-state index >= 15 is 0 Å². The molecule has 0 aliphatic rings. The summed E-state index contributed by atoms with van der Waals surface area (Å²) >= 11 is 1.78. The van der Waals surface area contributed by atoms with Crippen LogP contribution >= 0.6 is 11.3 Å². The first kappa shape index (κ1) is 15.8. The molecule has 2 heterocycles. The molecule has 0 fully saturated rings. The first-order valence-corrected chi connectivity index (χ1v) is 8.60. The maximum absolute atomic E-state index is 4.42. The van der Waals surface area contributed by atoms with Gasteiger partial charge in [0.05, 0.1) is 28.6 Å². The smallest absolute Gasteiger partial charge is 0.1000 e. The van der Waals surface area contributed by atoms with E-state index in [1.807, 2.05) is 47.4 Å². The van der Waals surface area contributed by atoms with Crippen LogP contribution in [0.3, 0.4) is 0 Å². The van der Waals surface area contributed by atoms with Gasteiger partial charge in [0.25, 0.3) is 0 Å². The molecule has 6 heteroatoms. The molecule has 3 rings (SSSR count). The minimum Gasteiger partial charge on any atom is -0.293 e. The summed E-state index contributed by atoms with van der Waals surface area (Å²) in [7, 11) is 2.11. The average molecular weight is 327 g/mol. The van der Waals surface area contributed by atoms with Gasteiger partial charge in [-0.15, -0.1) is 16.4 Å². The third kappa shape index (κ3) is 3.65. The molecule has 0 amide bonds. The molecule has 0 aliphatic carbocycles. The second-order valence-corrected chi connectivity index (χ2v) is 6.79. The molecule has 3 aromatic rings. The summed E-state index contributed by atoms with van der Waals surface area (Å²) in [6.07, 6.45) is 4.98. The number of rotatable bonds is 6. The summed E-state index contributed by atoms with van der Waals surface area (Å²) in [6, 6.07) is 10.2. The van der Waals surface area contributed by atoms with Crippen molar-refractivity contribution in [2.45, 2.75) is 32.9 Å². The number of hydrogen-bond donors (Lipinski definition) is 0. The molecule has 0 unspecified atom stereocenters. The van der Waals surface area contributed by atoms with Gasteiger partial charge >= 0.3 is 0 Å². The van der Waals surface area contributed by atoms with Crippen LogP contribution in [0.4, 0.5) is 0 Å². The number of benzene rings is 1. The molecule has 23 heavy (non-hydrogen) atoms. The topological polar surface area (TPSA) is 46.8 Å². The van der Waals surface area contributed by atoms with Gasteiger partial charge < -0.3 is 0 Å². The Balaban J connectivity index is 1.70. The lowest BCUT2D eigenvalue weighted by atomic mass is 10.2. The Labute approximate surface area is 140 Å². The number of hydrogen-bond acceptors (Lipinski definition) is 5. The second-order valence-electron chi connectivity index (χ2n) is 5.59. The Kier molecular flexibility index (Phi) is 4.83. The van der Waals surface area contributed by atoms with Crippen LogP contribution in [0.15, 0.2) is 42.7 Å². The van der Waals surface area contributed by atoms with E-state index in [0.29, 0.717) is 0 Å². The van der Waals surface area contributed by atoms with Crippen LogP contribution in [0.5, 0.6) is 0 Å². The highest BCUT2D eigenvalue weighted by Crippen LogP contribution is 2.22. The third-order valence-corrected chi connectivity index (χ3v) is 5.06. The Morgan fingerprint density at radius 2 is 2.04 bits per heavy atom. The van der Waals surface area contributed by atoms with E-state index in [-0.39, 0.29) is 6.04 Å². The van der Waals surface area contributed by atoms with Crippen molar-refractivity contribution in [3.05, 3.63) is 58.3 Å². The van der Waals surface area contributed by atoms with Gasteiger partial charge in [-0.2, -0.15) is 0 Å². The predicted octanol–water partition coefficient (Wildman–Crippen LogP) is 3.48. The minimum absolute atomic E-state index is 0.194. The fraction of sp³-hybridized carbons (Fsp3) is 0.353. The molecule has 5 nitrogen and oxygen atoms in total. The van der Waals surface area contributed by atoms with Gasteiger partial charge in [-0.25, -0.2) is 9.67 Å². The third-order valence-electron chi connectivity index (χ3n) is 3.93. The average Bonchev–Trinajstić information content (AvgIpc) is 3.24. The SMILES string of the molecule is CCc1ncc(CN(C)[C@H](C)c2cn(-c3ccccc3)nn2)s1. The van der Waals surface area contributed by atoms with Crippen LogP contribution < -0.4 is 0 Å². The highest BCUT2D eigenvalue weighted by molar-refractivity contribution is 7.11. The normalized spacial score (nSPS) is 12.7. The van der Waals surface area contributed by atoms with E-state index in [0.717, 1.165) is 24.3 Å². The first-order chi connectivity index (χ1) is 11.2. The molecule has 1 atom stereocenters. The van der Waals surface area contributed by atoms with Crippen LogP contribution in [-0.4, -0.2) is 31.9 Å². The highest BCUT2D eigenvalue weighted by atomic mass is 32.1. The molecule has 0 radical (unpaired) electrons. The summed E-state index contributed by atoms with van der Waals surface area (Å²) in [5, 5.41) is 9.77. The fourth-order valence-corrected chi connectivity index (χ4v) is 3.29. The van der Waals surface area contributed by atoms with Gasteiger partial charge in [-0.3, -0.25) is 4.90 Å². The lowest BCUT2D eigenvalue weighted by Crippen LogP contribution is -2.21.